The molecule has 1 heterocycles. The highest BCUT2D eigenvalue weighted by atomic mass is 16.3. The molecule has 1 aromatic rings. The lowest BCUT2D eigenvalue weighted by Crippen LogP contribution is -2.29. The van der Waals surface area contributed by atoms with Gasteiger partial charge in [-0.25, -0.2) is 9.13 Å². The fraction of sp³-hybridized carbons (Fsp3) is 0.700. The van der Waals surface area contributed by atoms with E-state index in [2.05, 4.69) is 4.57 Å². The van der Waals surface area contributed by atoms with Crippen LogP contribution >= 0.6 is 0 Å². The van der Waals surface area contributed by atoms with E-state index in [0.29, 0.717) is 6.04 Å². The summed E-state index contributed by atoms with van der Waals surface area (Å²) in [6.45, 7) is 0. The Morgan fingerprint density at radius 3 is 2.77 bits per heavy atom. The van der Waals surface area contributed by atoms with E-state index in [1.807, 2.05) is 30.3 Å². The largest absolute Gasteiger partial charge is 0.389 e. The van der Waals surface area contributed by atoms with Crippen molar-refractivity contribution in [1.29, 1.82) is 0 Å². The molecule has 0 saturated heterocycles. The molecule has 3 heteroatoms. The Morgan fingerprint density at radius 2 is 2.15 bits per heavy atom. The van der Waals surface area contributed by atoms with Crippen LogP contribution in [0.1, 0.15) is 31.7 Å². The predicted molar refractivity (Wildman–Crippen MR) is 49.1 cm³/mol. The summed E-state index contributed by atoms with van der Waals surface area (Å²) >= 11 is 0. The third kappa shape index (κ3) is 1.75. The van der Waals surface area contributed by atoms with Gasteiger partial charge in [0, 0.05) is 0 Å². The van der Waals surface area contributed by atoms with Crippen molar-refractivity contribution in [2.24, 2.45) is 7.05 Å². The number of hydrogen-bond donors (Lipinski definition) is 1. The van der Waals surface area contributed by atoms with Crippen LogP contribution in [0.3, 0.4) is 0 Å². The van der Waals surface area contributed by atoms with E-state index in [1.165, 1.54) is 12.8 Å². The average molecular weight is 181 g/mol. The summed E-state index contributed by atoms with van der Waals surface area (Å²) in [5.41, 5.74) is 0. The molecule has 1 aliphatic rings. The Kier molecular flexibility index (Phi) is 2.36. The quantitative estimate of drug-likeness (QED) is 0.638. The number of aliphatic hydroxyl groups is 1. The van der Waals surface area contributed by atoms with Crippen molar-refractivity contribution >= 4 is 0 Å². The molecule has 2 atom stereocenters. The van der Waals surface area contributed by atoms with E-state index in [4.69, 9.17) is 0 Å². The Labute approximate surface area is 78.6 Å². The first-order valence-electron chi connectivity index (χ1n) is 4.98. The minimum absolute atomic E-state index is 0.152. The second kappa shape index (κ2) is 3.50. The first kappa shape index (κ1) is 8.75. The number of rotatable bonds is 1. The molecule has 0 aliphatic heterocycles. The Hall–Kier alpha value is -0.830. The Bertz CT molecular complexity index is 282. The van der Waals surface area contributed by atoms with Gasteiger partial charge in [0.2, 0.25) is 6.33 Å². The van der Waals surface area contributed by atoms with Gasteiger partial charge >= 0.3 is 0 Å². The van der Waals surface area contributed by atoms with Crippen molar-refractivity contribution in [3.05, 3.63) is 18.7 Å². The number of aryl methyl sites for hydroxylation is 1. The predicted octanol–water partition coefficient (Wildman–Crippen LogP) is 0.789. The summed E-state index contributed by atoms with van der Waals surface area (Å²) in [5, 5.41) is 9.80. The van der Waals surface area contributed by atoms with Crippen molar-refractivity contribution in [2.75, 3.05) is 0 Å². The summed E-state index contributed by atoms with van der Waals surface area (Å²) in [6.07, 6.45) is 10.4. The SMILES string of the molecule is C[n+]1ccn([C@@H]2CCCC[C@H]2O)c1. The van der Waals surface area contributed by atoms with Gasteiger partial charge in [-0.05, 0) is 19.3 Å². The molecule has 0 bridgehead atoms. The normalized spacial score (nSPS) is 29.1. The van der Waals surface area contributed by atoms with E-state index in [-0.39, 0.29) is 6.10 Å². The molecule has 1 N–H and O–H groups in total. The summed E-state index contributed by atoms with van der Waals surface area (Å²) in [5.74, 6) is 0. The lowest BCUT2D eigenvalue weighted by Gasteiger charge is -2.24. The molecule has 3 nitrogen and oxygen atoms in total. The van der Waals surface area contributed by atoms with Crippen LogP contribution < -0.4 is 4.57 Å². The van der Waals surface area contributed by atoms with E-state index in [0.717, 1.165) is 12.8 Å². The molecule has 0 unspecified atom stereocenters. The van der Waals surface area contributed by atoms with E-state index >= 15 is 0 Å². The zero-order valence-electron chi connectivity index (χ0n) is 8.06. The third-order valence-corrected chi connectivity index (χ3v) is 2.87. The number of imidazole rings is 1. The molecule has 1 aromatic heterocycles. The summed E-state index contributed by atoms with van der Waals surface area (Å²) in [7, 11) is 2.01. The highest BCUT2D eigenvalue weighted by Gasteiger charge is 2.27. The molecular weight excluding hydrogens is 164 g/mol. The molecule has 0 spiro atoms. The van der Waals surface area contributed by atoms with Gasteiger partial charge in [0.1, 0.15) is 18.4 Å². The first-order chi connectivity index (χ1) is 6.27. The molecule has 0 aromatic carbocycles. The fourth-order valence-electron chi connectivity index (χ4n) is 2.11. The molecule has 1 aliphatic carbocycles. The molecule has 13 heavy (non-hydrogen) atoms. The molecule has 1 fully saturated rings. The van der Waals surface area contributed by atoms with Crippen LogP contribution in [0.2, 0.25) is 0 Å². The zero-order chi connectivity index (χ0) is 9.26. The maximum atomic E-state index is 9.80. The lowest BCUT2D eigenvalue weighted by molar-refractivity contribution is -0.671. The molecular formula is C10H17N2O+. The third-order valence-electron chi connectivity index (χ3n) is 2.87. The highest BCUT2D eigenvalue weighted by molar-refractivity contribution is 4.83. The monoisotopic (exact) mass is 181 g/mol. The topological polar surface area (TPSA) is 29.0 Å². The minimum Gasteiger partial charge on any atom is -0.389 e. The lowest BCUT2D eigenvalue weighted by atomic mass is 9.92. The first-order valence-corrected chi connectivity index (χ1v) is 4.98. The van der Waals surface area contributed by atoms with E-state index in [1.54, 1.807) is 0 Å². The van der Waals surface area contributed by atoms with Crippen molar-refractivity contribution in [1.82, 2.24) is 4.57 Å². The summed E-state index contributed by atoms with van der Waals surface area (Å²) in [6, 6.07) is 0.301. The molecule has 1 saturated carbocycles. The van der Waals surface area contributed by atoms with Crippen LogP contribution in [-0.4, -0.2) is 15.8 Å². The molecule has 2 rings (SSSR count). The standard InChI is InChI=1S/C10H17N2O/c1-11-6-7-12(8-11)9-4-2-3-5-10(9)13/h6-10,13H,2-5H2,1H3/q+1/t9-,10-/m1/s1. The van der Waals surface area contributed by atoms with Gasteiger partial charge in [-0.1, -0.05) is 6.42 Å². The van der Waals surface area contributed by atoms with Gasteiger partial charge in [-0.15, -0.1) is 0 Å². The van der Waals surface area contributed by atoms with Crippen molar-refractivity contribution in [3.8, 4) is 0 Å². The minimum atomic E-state index is -0.152. The highest BCUT2D eigenvalue weighted by Crippen LogP contribution is 2.27. The van der Waals surface area contributed by atoms with Crippen LogP contribution in [0.5, 0.6) is 0 Å². The summed E-state index contributed by atoms with van der Waals surface area (Å²) < 4.78 is 4.14. The van der Waals surface area contributed by atoms with Crippen molar-refractivity contribution in [3.63, 3.8) is 0 Å². The van der Waals surface area contributed by atoms with Crippen molar-refractivity contribution in [2.45, 2.75) is 37.8 Å². The fourth-order valence-corrected chi connectivity index (χ4v) is 2.11. The number of hydrogen-bond acceptors (Lipinski definition) is 1. The van der Waals surface area contributed by atoms with Crippen LogP contribution in [-0.2, 0) is 7.05 Å². The van der Waals surface area contributed by atoms with Crippen molar-refractivity contribution < 1.29 is 9.67 Å². The van der Waals surface area contributed by atoms with Gasteiger partial charge in [-0.2, -0.15) is 0 Å². The molecule has 72 valence electrons. The van der Waals surface area contributed by atoms with E-state index < -0.39 is 0 Å². The average Bonchev–Trinajstić information content (AvgIpc) is 2.53. The zero-order valence-corrected chi connectivity index (χ0v) is 8.06. The molecule has 0 amide bonds. The smallest absolute Gasteiger partial charge is 0.243 e. The van der Waals surface area contributed by atoms with Crippen LogP contribution in [0.25, 0.3) is 0 Å². The van der Waals surface area contributed by atoms with Crippen LogP contribution in [0.15, 0.2) is 18.7 Å². The Balaban J connectivity index is 2.14. The van der Waals surface area contributed by atoms with Crippen LogP contribution in [0, 0.1) is 0 Å². The molecule has 0 radical (unpaired) electrons. The maximum absolute atomic E-state index is 9.80. The Morgan fingerprint density at radius 1 is 1.38 bits per heavy atom. The van der Waals surface area contributed by atoms with Gasteiger partial charge in [0.15, 0.2) is 0 Å². The number of aliphatic hydroxyl groups excluding tert-OH is 1. The van der Waals surface area contributed by atoms with Gasteiger partial charge < -0.3 is 5.11 Å². The summed E-state index contributed by atoms with van der Waals surface area (Å²) in [4.78, 5) is 0. The number of aromatic nitrogens is 2. The van der Waals surface area contributed by atoms with Crippen LogP contribution in [0.4, 0.5) is 0 Å². The van der Waals surface area contributed by atoms with Gasteiger partial charge in [-0.3, -0.25) is 0 Å². The second-order valence-electron chi connectivity index (χ2n) is 3.95. The van der Waals surface area contributed by atoms with Gasteiger partial charge in [0.05, 0.1) is 13.2 Å². The second-order valence-corrected chi connectivity index (χ2v) is 3.95. The maximum Gasteiger partial charge on any atom is 0.243 e. The number of nitrogens with zero attached hydrogens (tertiary/aromatic N) is 2. The van der Waals surface area contributed by atoms with Gasteiger partial charge in [0.25, 0.3) is 0 Å². The van der Waals surface area contributed by atoms with E-state index in [9.17, 15) is 5.11 Å².